The number of fused-ring (bicyclic) bond motifs is 2. The molecule has 3 N–H and O–H groups in total. The van der Waals surface area contributed by atoms with Crippen molar-refractivity contribution in [3.63, 3.8) is 0 Å². The van der Waals surface area contributed by atoms with Gasteiger partial charge in [-0.05, 0) is 48.7 Å². The van der Waals surface area contributed by atoms with E-state index in [2.05, 4.69) is 71.6 Å². The molecule has 3 aliphatic heterocycles. The Bertz CT molecular complexity index is 1470. The summed E-state index contributed by atoms with van der Waals surface area (Å²) in [7, 11) is 0. The maximum Gasteiger partial charge on any atom is 0.159 e. The summed E-state index contributed by atoms with van der Waals surface area (Å²) < 4.78 is 0. The number of nitrogens with zero attached hydrogens (tertiary/aromatic N) is 6. The smallest absolute Gasteiger partial charge is 0.159 e. The number of aromatic nitrogens is 5. The third kappa shape index (κ3) is 3.70. The summed E-state index contributed by atoms with van der Waals surface area (Å²) in [6, 6.07) is 6.54. The highest BCUT2D eigenvalue weighted by Gasteiger charge is 2.27. The SMILES string of the molecule is CC1C(c2ccc3[nH]nc(-c4nc5c(N6CCNCC6)cncc5[nH]4)c3c2)=CN=CC1CN1CCC1. The molecule has 1 aromatic carbocycles. The van der Waals surface area contributed by atoms with E-state index in [-0.39, 0.29) is 0 Å². The van der Waals surface area contributed by atoms with Crippen LogP contribution < -0.4 is 10.2 Å². The summed E-state index contributed by atoms with van der Waals surface area (Å²) in [5.74, 6) is 1.61. The molecule has 0 aliphatic carbocycles. The molecule has 9 heteroatoms. The molecule has 6 heterocycles. The fourth-order valence-corrected chi connectivity index (χ4v) is 5.66. The lowest BCUT2D eigenvalue weighted by molar-refractivity contribution is 0.161. The first-order valence-corrected chi connectivity index (χ1v) is 13.0. The van der Waals surface area contributed by atoms with Gasteiger partial charge in [-0.15, -0.1) is 0 Å². The van der Waals surface area contributed by atoms with Crippen LogP contribution in [0.2, 0.25) is 0 Å². The largest absolute Gasteiger partial charge is 0.366 e. The molecule has 0 saturated carbocycles. The van der Waals surface area contributed by atoms with Crippen molar-refractivity contribution in [1.29, 1.82) is 0 Å². The molecular weight excluding hydrogens is 450 g/mol. The number of benzene rings is 1. The van der Waals surface area contributed by atoms with E-state index in [9.17, 15) is 0 Å². The van der Waals surface area contributed by atoms with Crippen LogP contribution in [0, 0.1) is 11.8 Å². The number of piperazine rings is 1. The van der Waals surface area contributed by atoms with Crippen molar-refractivity contribution in [3.05, 3.63) is 42.4 Å². The Morgan fingerprint density at radius 2 is 1.94 bits per heavy atom. The van der Waals surface area contributed by atoms with Crippen LogP contribution in [0.4, 0.5) is 5.69 Å². The maximum absolute atomic E-state index is 5.01. The van der Waals surface area contributed by atoms with E-state index in [1.54, 1.807) is 0 Å². The number of anilines is 1. The number of aliphatic imine (C=N–C) groups is 1. The molecule has 0 amide bonds. The van der Waals surface area contributed by atoms with Crippen molar-refractivity contribution < 1.29 is 0 Å². The number of H-pyrrole nitrogens is 2. The molecule has 0 bridgehead atoms. The lowest BCUT2D eigenvalue weighted by atomic mass is 9.82. The molecule has 7 rings (SSSR count). The Hall–Kier alpha value is -3.56. The van der Waals surface area contributed by atoms with Crippen LogP contribution in [-0.2, 0) is 0 Å². The molecule has 9 nitrogen and oxygen atoms in total. The first-order chi connectivity index (χ1) is 17.7. The second-order valence-corrected chi connectivity index (χ2v) is 10.2. The normalized spacial score (nSPS) is 22.8. The highest BCUT2D eigenvalue weighted by atomic mass is 15.2. The summed E-state index contributed by atoms with van der Waals surface area (Å²) in [5.41, 5.74) is 7.26. The minimum atomic E-state index is 0.412. The number of aromatic amines is 2. The van der Waals surface area contributed by atoms with E-state index in [0.29, 0.717) is 11.8 Å². The first-order valence-electron chi connectivity index (χ1n) is 13.0. The second kappa shape index (κ2) is 8.83. The standard InChI is InChI=1S/C27H31N9/c1-17-19(16-35-7-2-8-35)12-29-13-21(17)18-3-4-22-20(11-18)25(34-33-22)27-31-23-14-30-15-24(26(23)32-27)36-9-5-28-6-10-36/h3-4,11-15,17,19,28H,2,5-10,16H2,1H3,(H,31,32)(H,33,34). The van der Waals surface area contributed by atoms with Crippen LogP contribution in [0.3, 0.4) is 0 Å². The quantitative estimate of drug-likeness (QED) is 0.404. The average Bonchev–Trinajstić information content (AvgIpc) is 3.51. The third-order valence-electron chi connectivity index (χ3n) is 7.99. The molecule has 3 aromatic heterocycles. The average molecular weight is 482 g/mol. The van der Waals surface area contributed by atoms with E-state index in [0.717, 1.165) is 71.9 Å². The van der Waals surface area contributed by atoms with Crippen molar-refractivity contribution in [1.82, 2.24) is 35.4 Å². The van der Waals surface area contributed by atoms with E-state index in [4.69, 9.17) is 4.98 Å². The minimum absolute atomic E-state index is 0.412. The van der Waals surface area contributed by atoms with Gasteiger partial charge >= 0.3 is 0 Å². The zero-order valence-corrected chi connectivity index (χ0v) is 20.5. The van der Waals surface area contributed by atoms with Gasteiger partial charge in [0, 0.05) is 56.4 Å². The van der Waals surface area contributed by atoms with Gasteiger partial charge in [0.05, 0.1) is 29.1 Å². The van der Waals surface area contributed by atoms with Crippen molar-refractivity contribution in [2.75, 3.05) is 50.7 Å². The number of imidazole rings is 1. The third-order valence-corrected chi connectivity index (χ3v) is 7.99. The molecule has 0 spiro atoms. The lowest BCUT2D eigenvalue weighted by Gasteiger charge is -2.36. The summed E-state index contributed by atoms with van der Waals surface area (Å²) in [4.78, 5) is 22.5. The first kappa shape index (κ1) is 21.7. The number of hydrogen-bond donors (Lipinski definition) is 3. The Labute approximate surface area is 209 Å². The van der Waals surface area contributed by atoms with Gasteiger partial charge < -0.3 is 20.1 Å². The zero-order valence-electron chi connectivity index (χ0n) is 20.5. The fourth-order valence-electron chi connectivity index (χ4n) is 5.66. The summed E-state index contributed by atoms with van der Waals surface area (Å²) in [6.45, 7) is 9.68. The fraction of sp³-hybridized carbons (Fsp3) is 0.407. The summed E-state index contributed by atoms with van der Waals surface area (Å²) >= 11 is 0. The molecule has 2 fully saturated rings. The van der Waals surface area contributed by atoms with Gasteiger partial charge in [-0.3, -0.25) is 15.1 Å². The van der Waals surface area contributed by atoms with E-state index >= 15 is 0 Å². The molecule has 36 heavy (non-hydrogen) atoms. The van der Waals surface area contributed by atoms with Gasteiger partial charge in [-0.25, -0.2) is 4.98 Å². The van der Waals surface area contributed by atoms with Crippen molar-refractivity contribution in [2.24, 2.45) is 16.8 Å². The molecule has 3 aliphatic rings. The van der Waals surface area contributed by atoms with E-state index < -0.39 is 0 Å². The molecule has 184 valence electrons. The van der Waals surface area contributed by atoms with Crippen LogP contribution >= 0.6 is 0 Å². The topological polar surface area (TPSA) is 101 Å². The second-order valence-electron chi connectivity index (χ2n) is 10.2. The van der Waals surface area contributed by atoms with Crippen molar-refractivity contribution in [3.8, 4) is 11.5 Å². The van der Waals surface area contributed by atoms with Crippen LogP contribution in [0.5, 0.6) is 0 Å². The number of nitrogens with one attached hydrogen (secondary N) is 3. The Balaban J connectivity index is 1.24. The highest BCUT2D eigenvalue weighted by Crippen LogP contribution is 2.36. The van der Waals surface area contributed by atoms with Gasteiger partial charge in [0.15, 0.2) is 5.82 Å². The van der Waals surface area contributed by atoms with Crippen LogP contribution in [-0.4, -0.2) is 82.1 Å². The van der Waals surface area contributed by atoms with Crippen molar-refractivity contribution in [2.45, 2.75) is 13.3 Å². The van der Waals surface area contributed by atoms with E-state index in [1.807, 2.05) is 18.6 Å². The predicted octanol–water partition coefficient (Wildman–Crippen LogP) is 3.29. The number of likely N-dealkylation sites (tertiary alicyclic amines) is 1. The minimum Gasteiger partial charge on any atom is -0.366 e. The predicted molar refractivity (Wildman–Crippen MR) is 144 cm³/mol. The molecule has 2 unspecified atom stereocenters. The van der Waals surface area contributed by atoms with Gasteiger partial charge in [0.25, 0.3) is 0 Å². The van der Waals surface area contributed by atoms with Gasteiger partial charge in [-0.2, -0.15) is 5.10 Å². The monoisotopic (exact) mass is 481 g/mol. The van der Waals surface area contributed by atoms with Gasteiger partial charge in [-0.1, -0.05) is 13.0 Å². The van der Waals surface area contributed by atoms with Crippen LogP contribution in [0.1, 0.15) is 18.9 Å². The highest BCUT2D eigenvalue weighted by molar-refractivity contribution is 5.97. The zero-order chi connectivity index (χ0) is 24.1. The number of hydrogen-bond acceptors (Lipinski definition) is 7. The van der Waals surface area contributed by atoms with Crippen LogP contribution in [0.15, 0.2) is 41.8 Å². The van der Waals surface area contributed by atoms with Crippen molar-refractivity contribution >= 4 is 39.4 Å². The van der Waals surface area contributed by atoms with Gasteiger partial charge in [0.2, 0.25) is 0 Å². The molecular formula is C27H31N9. The summed E-state index contributed by atoms with van der Waals surface area (Å²) in [6.07, 6.45) is 9.25. The molecule has 2 saturated heterocycles. The van der Waals surface area contributed by atoms with Gasteiger partial charge in [0.1, 0.15) is 11.2 Å². The summed E-state index contributed by atoms with van der Waals surface area (Å²) in [5, 5.41) is 12.3. The Morgan fingerprint density at radius 1 is 1.06 bits per heavy atom. The van der Waals surface area contributed by atoms with Crippen LogP contribution in [0.25, 0.3) is 39.0 Å². The van der Waals surface area contributed by atoms with E-state index in [1.165, 1.54) is 30.6 Å². The molecule has 4 aromatic rings. The number of pyridine rings is 1. The Kier molecular flexibility index (Phi) is 5.32. The maximum atomic E-state index is 5.01. The Morgan fingerprint density at radius 3 is 2.78 bits per heavy atom. The molecule has 0 radical (unpaired) electrons. The lowest BCUT2D eigenvalue weighted by Crippen LogP contribution is -2.43. The number of rotatable bonds is 5. The molecule has 2 atom stereocenters. The number of allylic oxidation sites excluding steroid dienone is 1.